The Morgan fingerprint density at radius 2 is 1.56 bits per heavy atom. The van der Waals surface area contributed by atoms with E-state index < -0.39 is 0 Å². The van der Waals surface area contributed by atoms with Gasteiger partial charge in [0.25, 0.3) is 0 Å². The molecule has 0 aliphatic carbocycles. The first-order valence-electron chi connectivity index (χ1n) is 6.37. The average molecular weight is 256 g/mol. The van der Waals surface area contributed by atoms with E-state index in [1.165, 1.54) is 0 Å². The largest absolute Gasteiger partial charge is 0.349 e. The minimum Gasteiger partial charge on any atom is -0.349 e. The molecule has 0 aliphatic heterocycles. The zero-order chi connectivity index (χ0) is 14.1. The molecule has 104 valence electrons. The minimum absolute atomic E-state index is 0.00356. The molecule has 5 heteroatoms. The molecule has 0 radical (unpaired) electrons. The van der Waals surface area contributed by atoms with Crippen molar-refractivity contribution in [1.29, 1.82) is 0 Å². The number of ketones is 2. The van der Waals surface area contributed by atoms with Gasteiger partial charge in [0.2, 0.25) is 5.91 Å². The molecule has 0 rings (SSSR count). The molecule has 2 N–H and O–H groups in total. The van der Waals surface area contributed by atoms with E-state index >= 15 is 0 Å². The quantitative estimate of drug-likeness (QED) is 0.636. The van der Waals surface area contributed by atoms with E-state index in [1.807, 2.05) is 13.8 Å². The van der Waals surface area contributed by atoms with Gasteiger partial charge >= 0.3 is 0 Å². The third-order valence-electron chi connectivity index (χ3n) is 2.44. The van der Waals surface area contributed by atoms with Gasteiger partial charge < -0.3 is 10.6 Å². The first-order chi connectivity index (χ1) is 8.32. The lowest BCUT2D eigenvalue weighted by Crippen LogP contribution is -2.33. The van der Waals surface area contributed by atoms with E-state index in [4.69, 9.17) is 0 Å². The summed E-state index contributed by atoms with van der Waals surface area (Å²) in [7, 11) is 0. The summed E-state index contributed by atoms with van der Waals surface area (Å²) in [6, 6.07) is 0.256. The lowest BCUT2D eigenvalue weighted by molar-refractivity contribution is -0.127. The summed E-state index contributed by atoms with van der Waals surface area (Å²) in [6.45, 7) is 7.82. The zero-order valence-electron chi connectivity index (χ0n) is 11.7. The highest BCUT2D eigenvalue weighted by Gasteiger charge is 2.10. The molecule has 0 aromatic rings. The van der Waals surface area contributed by atoms with Gasteiger partial charge in [0.15, 0.2) is 5.78 Å². The Balaban J connectivity index is 3.70. The fraction of sp³-hybridized carbons (Fsp3) is 0.769. The number of amides is 1. The highest BCUT2D eigenvalue weighted by Crippen LogP contribution is 1.94. The maximum Gasteiger partial charge on any atom is 0.220 e. The second kappa shape index (κ2) is 8.80. The third kappa shape index (κ3) is 8.87. The predicted molar refractivity (Wildman–Crippen MR) is 70.2 cm³/mol. The molecule has 0 saturated heterocycles. The number of hydrogen-bond donors (Lipinski definition) is 2. The third-order valence-corrected chi connectivity index (χ3v) is 2.44. The van der Waals surface area contributed by atoms with Crippen LogP contribution in [-0.4, -0.2) is 36.6 Å². The van der Waals surface area contributed by atoms with Crippen molar-refractivity contribution in [1.82, 2.24) is 10.6 Å². The Labute approximate surface area is 109 Å². The first kappa shape index (κ1) is 16.8. The first-order valence-corrected chi connectivity index (χ1v) is 6.37. The molecular weight excluding hydrogens is 232 g/mol. The van der Waals surface area contributed by atoms with Gasteiger partial charge in [-0.05, 0) is 0 Å². The normalized spacial score (nSPS) is 10.8. The second-order valence-corrected chi connectivity index (χ2v) is 4.97. The number of nitrogens with one attached hydrogen (secondary N) is 2. The summed E-state index contributed by atoms with van der Waals surface area (Å²) in [6.07, 6.45) is 0.353. The number of carbonyl (C=O) groups is 3. The fourth-order valence-electron chi connectivity index (χ4n) is 1.14. The maximum atomic E-state index is 11.4. The van der Waals surface area contributed by atoms with Gasteiger partial charge in [0.1, 0.15) is 5.78 Å². The summed E-state index contributed by atoms with van der Waals surface area (Å²) >= 11 is 0. The van der Waals surface area contributed by atoms with Crippen LogP contribution in [0.2, 0.25) is 0 Å². The SMILES string of the molecule is CC(C)NCC(=O)CCC(=O)NCC(=O)C(C)C. The van der Waals surface area contributed by atoms with Gasteiger partial charge in [-0.3, -0.25) is 14.4 Å². The fourth-order valence-corrected chi connectivity index (χ4v) is 1.14. The lowest BCUT2D eigenvalue weighted by Gasteiger charge is -2.08. The molecule has 5 nitrogen and oxygen atoms in total. The van der Waals surface area contributed by atoms with E-state index in [9.17, 15) is 14.4 Å². The molecule has 0 bridgehead atoms. The minimum atomic E-state index is -0.248. The van der Waals surface area contributed by atoms with E-state index in [0.717, 1.165) is 0 Å². The van der Waals surface area contributed by atoms with E-state index in [-0.39, 0.29) is 55.4 Å². The number of rotatable bonds is 9. The Morgan fingerprint density at radius 3 is 2.06 bits per heavy atom. The van der Waals surface area contributed by atoms with Crippen molar-refractivity contribution in [2.45, 2.75) is 46.6 Å². The van der Waals surface area contributed by atoms with E-state index in [0.29, 0.717) is 0 Å². The predicted octanol–water partition coefficient (Wildman–Crippen LogP) is 0.675. The zero-order valence-corrected chi connectivity index (χ0v) is 11.7. The summed E-state index contributed by atoms with van der Waals surface area (Å²) in [5, 5.41) is 5.52. The maximum absolute atomic E-state index is 11.4. The molecule has 0 aliphatic rings. The van der Waals surface area contributed by atoms with Gasteiger partial charge in [-0.15, -0.1) is 0 Å². The topological polar surface area (TPSA) is 75.3 Å². The second-order valence-electron chi connectivity index (χ2n) is 4.97. The molecule has 1 amide bonds. The van der Waals surface area contributed by atoms with Gasteiger partial charge in [-0.1, -0.05) is 27.7 Å². The number of carbonyl (C=O) groups excluding carboxylic acids is 3. The summed E-state index contributed by atoms with van der Waals surface area (Å²) in [5.41, 5.74) is 0. The van der Waals surface area contributed by atoms with Crippen molar-refractivity contribution >= 4 is 17.5 Å². The van der Waals surface area contributed by atoms with Crippen molar-refractivity contribution in [2.75, 3.05) is 13.1 Å². The molecule has 0 spiro atoms. The van der Waals surface area contributed by atoms with Crippen LogP contribution in [0, 0.1) is 5.92 Å². The Bertz CT molecular complexity index is 299. The summed E-state index contributed by atoms with van der Waals surface area (Å²) in [4.78, 5) is 34.0. The summed E-state index contributed by atoms with van der Waals surface area (Å²) in [5.74, 6) is -0.325. The molecule has 0 aromatic heterocycles. The molecule has 0 heterocycles. The van der Waals surface area contributed by atoms with Crippen LogP contribution in [-0.2, 0) is 14.4 Å². The monoisotopic (exact) mass is 256 g/mol. The molecule has 0 fully saturated rings. The molecule has 0 unspecified atom stereocenters. The van der Waals surface area contributed by atoms with Crippen molar-refractivity contribution in [2.24, 2.45) is 5.92 Å². The van der Waals surface area contributed by atoms with Gasteiger partial charge in [0, 0.05) is 24.8 Å². The highest BCUT2D eigenvalue weighted by atomic mass is 16.2. The van der Waals surface area contributed by atoms with Crippen LogP contribution >= 0.6 is 0 Å². The molecule has 0 saturated carbocycles. The molecule has 0 aromatic carbocycles. The van der Waals surface area contributed by atoms with Crippen LogP contribution < -0.4 is 10.6 Å². The van der Waals surface area contributed by atoms with Crippen molar-refractivity contribution in [3.8, 4) is 0 Å². The van der Waals surface area contributed by atoms with Crippen molar-refractivity contribution in [3.63, 3.8) is 0 Å². The van der Waals surface area contributed by atoms with Gasteiger partial charge in [-0.25, -0.2) is 0 Å². The van der Waals surface area contributed by atoms with E-state index in [2.05, 4.69) is 10.6 Å². The Hall–Kier alpha value is -1.23. The van der Waals surface area contributed by atoms with Crippen LogP contribution in [0.5, 0.6) is 0 Å². The standard InChI is InChI=1S/C13H24N2O3/c1-9(2)12(17)8-15-13(18)6-5-11(16)7-14-10(3)4/h9-10,14H,5-8H2,1-4H3,(H,15,18). The van der Waals surface area contributed by atoms with Gasteiger partial charge in [0.05, 0.1) is 13.1 Å². The average Bonchev–Trinajstić information content (AvgIpc) is 2.30. The molecular formula is C13H24N2O3. The van der Waals surface area contributed by atoms with Crippen molar-refractivity contribution < 1.29 is 14.4 Å². The molecule has 0 atom stereocenters. The molecule has 18 heavy (non-hydrogen) atoms. The lowest BCUT2D eigenvalue weighted by atomic mass is 10.1. The number of Topliss-reactive ketones (excluding diaryl/α,β-unsaturated/α-hetero) is 2. The summed E-state index contributed by atoms with van der Waals surface area (Å²) < 4.78 is 0. The van der Waals surface area contributed by atoms with Crippen LogP contribution in [0.1, 0.15) is 40.5 Å². The Kier molecular flexibility index (Phi) is 8.20. The van der Waals surface area contributed by atoms with Crippen LogP contribution in [0.25, 0.3) is 0 Å². The smallest absolute Gasteiger partial charge is 0.220 e. The van der Waals surface area contributed by atoms with E-state index in [1.54, 1.807) is 13.8 Å². The van der Waals surface area contributed by atoms with Crippen LogP contribution in [0.3, 0.4) is 0 Å². The Morgan fingerprint density at radius 1 is 0.944 bits per heavy atom. The van der Waals surface area contributed by atoms with Crippen LogP contribution in [0.15, 0.2) is 0 Å². The van der Waals surface area contributed by atoms with Crippen molar-refractivity contribution in [3.05, 3.63) is 0 Å². The van der Waals surface area contributed by atoms with Gasteiger partial charge in [-0.2, -0.15) is 0 Å². The highest BCUT2D eigenvalue weighted by molar-refractivity contribution is 5.89. The number of hydrogen-bond acceptors (Lipinski definition) is 4. The van der Waals surface area contributed by atoms with Crippen LogP contribution in [0.4, 0.5) is 0 Å².